The van der Waals surface area contributed by atoms with Crippen LogP contribution in [0.4, 0.5) is 28.8 Å². The fourth-order valence-electron chi connectivity index (χ4n) is 3.26. The summed E-state index contributed by atoms with van der Waals surface area (Å²) in [5.41, 5.74) is 3.07. The van der Waals surface area contributed by atoms with Crippen LogP contribution >= 0.6 is 0 Å². The van der Waals surface area contributed by atoms with Crippen molar-refractivity contribution in [1.29, 1.82) is 0 Å². The van der Waals surface area contributed by atoms with Crippen LogP contribution in [-0.2, 0) is 0 Å². The van der Waals surface area contributed by atoms with E-state index in [0.717, 1.165) is 11.3 Å². The number of nitrogens with zero attached hydrogens (tertiary/aromatic N) is 3. The lowest BCUT2D eigenvalue weighted by Gasteiger charge is -2.10. The van der Waals surface area contributed by atoms with Gasteiger partial charge in [0.25, 0.3) is 5.91 Å². The van der Waals surface area contributed by atoms with Gasteiger partial charge < -0.3 is 25.4 Å². The number of hydrogen-bond donors (Lipinski definition) is 3. The summed E-state index contributed by atoms with van der Waals surface area (Å²) in [6.07, 6.45) is 3.21. The molecule has 0 radical (unpaired) electrons. The molecule has 0 fully saturated rings. The first kappa shape index (κ1) is 20.3. The topological polar surface area (TPSA) is 110 Å². The molecule has 0 saturated heterocycles. The number of amides is 1. The zero-order valence-corrected chi connectivity index (χ0v) is 17.7. The third kappa shape index (κ3) is 4.82. The van der Waals surface area contributed by atoms with Crippen LogP contribution in [0.5, 0.6) is 11.5 Å². The fourth-order valence-corrected chi connectivity index (χ4v) is 3.26. The zero-order valence-electron chi connectivity index (χ0n) is 17.7. The predicted molar refractivity (Wildman–Crippen MR) is 125 cm³/mol. The largest absolute Gasteiger partial charge is 0.454 e. The van der Waals surface area contributed by atoms with E-state index in [0.29, 0.717) is 40.2 Å². The number of carbonyl (C=O) groups is 1. The number of fused-ring (bicyclic) bond motifs is 1. The Morgan fingerprint density at radius 2 is 1.52 bits per heavy atom. The van der Waals surface area contributed by atoms with E-state index in [1.54, 1.807) is 30.5 Å². The van der Waals surface area contributed by atoms with Gasteiger partial charge in [-0.25, -0.2) is 15.0 Å². The van der Waals surface area contributed by atoms with Gasteiger partial charge in [-0.05, 0) is 67.1 Å². The molecule has 9 nitrogen and oxygen atoms in total. The van der Waals surface area contributed by atoms with Gasteiger partial charge >= 0.3 is 0 Å². The number of aryl methyl sites for hydroxylation is 1. The van der Waals surface area contributed by atoms with E-state index in [-0.39, 0.29) is 12.7 Å². The number of rotatable bonds is 6. The van der Waals surface area contributed by atoms with Crippen molar-refractivity contribution < 1.29 is 14.3 Å². The van der Waals surface area contributed by atoms with Crippen molar-refractivity contribution >= 4 is 34.7 Å². The maximum Gasteiger partial charge on any atom is 0.255 e. The SMILES string of the molecule is Cc1ccnc(Nc2cc(Nc3ccc(NC(=O)c4ccc5c(c4)OCO5)cc3)ncn2)c1. The lowest BCUT2D eigenvalue weighted by Crippen LogP contribution is -2.11. The molecule has 0 spiro atoms. The standard InChI is InChI=1S/C24H20N6O3/c1-15-8-9-25-21(10-15)30-23-12-22(26-13-27-23)28-17-3-5-18(6-4-17)29-24(31)16-2-7-19-20(11-16)33-14-32-19/h2-13H,14H2,1H3,(H,29,31)(H2,25,26,27,28,30). The molecule has 1 aliphatic heterocycles. The molecule has 9 heteroatoms. The summed E-state index contributed by atoms with van der Waals surface area (Å²) in [6, 6.07) is 18.1. The molecule has 164 valence electrons. The summed E-state index contributed by atoms with van der Waals surface area (Å²) in [5, 5.41) is 9.27. The van der Waals surface area contributed by atoms with E-state index < -0.39 is 0 Å². The molecule has 1 aliphatic rings. The smallest absolute Gasteiger partial charge is 0.255 e. The first-order valence-electron chi connectivity index (χ1n) is 10.2. The lowest BCUT2D eigenvalue weighted by atomic mass is 10.2. The van der Waals surface area contributed by atoms with Crippen molar-refractivity contribution in [3.8, 4) is 11.5 Å². The highest BCUT2D eigenvalue weighted by Crippen LogP contribution is 2.32. The van der Waals surface area contributed by atoms with Crippen molar-refractivity contribution in [3.63, 3.8) is 0 Å². The van der Waals surface area contributed by atoms with Gasteiger partial charge in [0.15, 0.2) is 11.5 Å². The molecule has 0 atom stereocenters. The summed E-state index contributed by atoms with van der Waals surface area (Å²) >= 11 is 0. The molecule has 3 N–H and O–H groups in total. The molecule has 0 bridgehead atoms. The Bertz CT molecular complexity index is 1310. The first-order chi connectivity index (χ1) is 16.1. The van der Waals surface area contributed by atoms with E-state index in [1.165, 1.54) is 6.33 Å². The summed E-state index contributed by atoms with van der Waals surface area (Å²) in [5.74, 6) is 2.93. The number of carbonyl (C=O) groups excluding carboxylic acids is 1. The second-order valence-corrected chi connectivity index (χ2v) is 7.36. The minimum absolute atomic E-state index is 0.168. The molecule has 0 aliphatic carbocycles. The van der Waals surface area contributed by atoms with Crippen LogP contribution in [-0.4, -0.2) is 27.7 Å². The Balaban J connectivity index is 1.22. The van der Waals surface area contributed by atoms with Crippen molar-refractivity contribution in [3.05, 3.63) is 84.3 Å². The lowest BCUT2D eigenvalue weighted by molar-refractivity contribution is 0.102. The Kier molecular flexibility index (Phi) is 5.42. The molecule has 4 aromatic rings. The second kappa shape index (κ2) is 8.83. The quantitative estimate of drug-likeness (QED) is 0.397. The van der Waals surface area contributed by atoms with Gasteiger partial charge in [0, 0.05) is 29.2 Å². The first-order valence-corrected chi connectivity index (χ1v) is 10.2. The molecule has 5 rings (SSSR count). The number of benzene rings is 2. The van der Waals surface area contributed by atoms with E-state index in [9.17, 15) is 4.79 Å². The molecular weight excluding hydrogens is 420 g/mol. The molecule has 2 aromatic carbocycles. The molecule has 0 saturated carbocycles. The van der Waals surface area contributed by atoms with Crippen LogP contribution in [0.2, 0.25) is 0 Å². The van der Waals surface area contributed by atoms with Crippen LogP contribution in [0.1, 0.15) is 15.9 Å². The number of anilines is 5. The highest BCUT2D eigenvalue weighted by atomic mass is 16.7. The molecule has 33 heavy (non-hydrogen) atoms. The van der Waals surface area contributed by atoms with Gasteiger partial charge in [0.1, 0.15) is 23.8 Å². The minimum Gasteiger partial charge on any atom is -0.454 e. The third-order valence-corrected chi connectivity index (χ3v) is 4.89. The normalized spacial score (nSPS) is 11.7. The van der Waals surface area contributed by atoms with Crippen LogP contribution in [0.25, 0.3) is 0 Å². The van der Waals surface area contributed by atoms with Crippen molar-refractivity contribution in [2.75, 3.05) is 22.7 Å². The summed E-state index contributed by atoms with van der Waals surface area (Å²) < 4.78 is 10.6. The Labute approximate surface area is 189 Å². The van der Waals surface area contributed by atoms with E-state index in [4.69, 9.17) is 9.47 Å². The number of hydrogen-bond acceptors (Lipinski definition) is 8. The van der Waals surface area contributed by atoms with Gasteiger partial charge in [-0.15, -0.1) is 0 Å². The third-order valence-electron chi connectivity index (χ3n) is 4.89. The van der Waals surface area contributed by atoms with Crippen LogP contribution in [0.3, 0.4) is 0 Å². The number of nitrogens with one attached hydrogen (secondary N) is 3. The monoisotopic (exact) mass is 440 g/mol. The number of aromatic nitrogens is 3. The van der Waals surface area contributed by atoms with Crippen molar-refractivity contribution in [2.45, 2.75) is 6.92 Å². The Morgan fingerprint density at radius 3 is 2.33 bits per heavy atom. The van der Waals surface area contributed by atoms with E-state index >= 15 is 0 Å². The minimum atomic E-state index is -0.231. The van der Waals surface area contributed by atoms with Gasteiger partial charge in [-0.3, -0.25) is 4.79 Å². The Morgan fingerprint density at radius 1 is 0.788 bits per heavy atom. The average molecular weight is 440 g/mol. The molecular formula is C24H20N6O3. The Hall–Kier alpha value is -4.66. The number of ether oxygens (including phenoxy) is 2. The summed E-state index contributed by atoms with van der Waals surface area (Å²) in [6.45, 7) is 2.17. The van der Waals surface area contributed by atoms with Gasteiger partial charge in [-0.2, -0.15) is 0 Å². The molecule has 0 unspecified atom stereocenters. The average Bonchev–Trinajstić information content (AvgIpc) is 3.29. The van der Waals surface area contributed by atoms with E-state index in [2.05, 4.69) is 30.9 Å². The van der Waals surface area contributed by atoms with Gasteiger partial charge in [0.2, 0.25) is 6.79 Å². The number of pyridine rings is 1. The second-order valence-electron chi connectivity index (χ2n) is 7.36. The zero-order chi connectivity index (χ0) is 22.6. The van der Waals surface area contributed by atoms with Crippen molar-refractivity contribution in [2.24, 2.45) is 0 Å². The molecule has 2 aromatic heterocycles. The van der Waals surface area contributed by atoms with E-state index in [1.807, 2.05) is 43.3 Å². The highest BCUT2D eigenvalue weighted by molar-refractivity contribution is 6.04. The summed E-state index contributed by atoms with van der Waals surface area (Å²) in [7, 11) is 0. The molecule has 1 amide bonds. The predicted octanol–water partition coefficient (Wildman–Crippen LogP) is 4.65. The van der Waals surface area contributed by atoms with Crippen LogP contribution < -0.4 is 25.4 Å². The summed E-state index contributed by atoms with van der Waals surface area (Å²) in [4.78, 5) is 25.3. The fraction of sp³-hybridized carbons (Fsp3) is 0.0833. The van der Waals surface area contributed by atoms with Crippen LogP contribution in [0, 0.1) is 6.92 Å². The highest BCUT2D eigenvalue weighted by Gasteiger charge is 2.16. The van der Waals surface area contributed by atoms with Crippen molar-refractivity contribution in [1.82, 2.24) is 15.0 Å². The van der Waals surface area contributed by atoms with Gasteiger partial charge in [0.05, 0.1) is 0 Å². The molecule has 3 heterocycles. The van der Waals surface area contributed by atoms with Gasteiger partial charge in [-0.1, -0.05) is 0 Å². The van der Waals surface area contributed by atoms with Crippen LogP contribution in [0.15, 0.2) is 73.2 Å². The maximum absolute atomic E-state index is 12.5. The maximum atomic E-state index is 12.5.